The number of nitro benzene ring substituents is 1. The van der Waals surface area contributed by atoms with E-state index >= 15 is 0 Å². The molecule has 2 aromatic rings. The summed E-state index contributed by atoms with van der Waals surface area (Å²) in [5, 5.41) is 22.9. The second-order valence-electron chi connectivity index (χ2n) is 6.11. The molecule has 2 aromatic carbocycles. The van der Waals surface area contributed by atoms with Crippen LogP contribution in [0.1, 0.15) is 12.0 Å². The van der Waals surface area contributed by atoms with E-state index in [2.05, 4.69) is 5.32 Å². The lowest BCUT2D eigenvalue weighted by Crippen LogP contribution is -2.31. The Kier molecular flexibility index (Phi) is 6.43. The zero-order valence-electron chi connectivity index (χ0n) is 15.2. The number of rotatable bonds is 6. The molecule has 30 heavy (non-hydrogen) atoms. The second-order valence-corrected chi connectivity index (χ2v) is 7.79. The summed E-state index contributed by atoms with van der Waals surface area (Å²) in [7, 11) is 0. The van der Waals surface area contributed by atoms with E-state index in [4.69, 9.17) is 12.2 Å². The van der Waals surface area contributed by atoms with Gasteiger partial charge >= 0.3 is 0 Å². The number of aromatic hydroxyl groups is 1. The minimum absolute atomic E-state index is 0.00966. The van der Waals surface area contributed by atoms with Gasteiger partial charge in [0.15, 0.2) is 0 Å². The monoisotopic (exact) mass is 447 g/mol. The molecule has 3 rings (SSSR count). The third-order valence-corrected chi connectivity index (χ3v) is 5.47. The van der Waals surface area contributed by atoms with Crippen molar-refractivity contribution in [2.45, 2.75) is 6.42 Å². The quantitative estimate of drug-likeness (QED) is 0.228. The van der Waals surface area contributed by atoms with Gasteiger partial charge in [0.1, 0.15) is 15.9 Å². The Morgan fingerprint density at radius 2 is 2.07 bits per heavy atom. The van der Waals surface area contributed by atoms with Crippen molar-refractivity contribution in [3.63, 3.8) is 0 Å². The van der Waals surface area contributed by atoms with Crippen molar-refractivity contribution in [3.8, 4) is 5.75 Å². The van der Waals surface area contributed by atoms with Crippen LogP contribution in [0.5, 0.6) is 5.75 Å². The maximum Gasteiger partial charge on any atom is 0.273 e. The molecule has 0 aromatic heterocycles. The highest BCUT2D eigenvalue weighted by atomic mass is 32.2. The topological polar surface area (TPSA) is 113 Å². The maximum absolute atomic E-state index is 13.8. The fraction of sp³-hybridized carbons (Fsp3) is 0.105. The van der Waals surface area contributed by atoms with Gasteiger partial charge in [0.25, 0.3) is 11.6 Å². The number of phenols is 1. The molecule has 2 N–H and O–H groups in total. The van der Waals surface area contributed by atoms with E-state index in [0.29, 0.717) is 0 Å². The van der Waals surface area contributed by atoms with E-state index in [1.54, 1.807) is 12.1 Å². The van der Waals surface area contributed by atoms with Gasteiger partial charge in [0.2, 0.25) is 5.91 Å². The van der Waals surface area contributed by atoms with Gasteiger partial charge in [-0.3, -0.25) is 24.6 Å². The number of nitrogens with one attached hydrogen (secondary N) is 1. The Labute approximate surface area is 179 Å². The van der Waals surface area contributed by atoms with Gasteiger partial charge in [-0.15, -0.1) is 0 Å². The summed E-state index contributed by atoms with van der Waals surface area (Å²) in [4.78, 5) is 36.2. The molecule has 1 aliphatic heterocycles. The fourth-order valence-electron chi connectivity index (χ4n) is 2.59. The van der Waals surface area contributed by atoms with Crippen molar-refractivity contribution in [2.24, 2.45) is 0 Å². The molecule has 2 amide bonds. The first-order valence-corrected chi connectivity index (χ1v) is 9.76. The number of nitro groups is 1. The van der Waals surface area contributed by atoms with E-state index < -0.39 is 28.3 Å². The van der Waals surface area contributed by atoms with E-state index in [0.717, 1.165) is 23.9 Å². The van der Waals surface area contributed by atoms with Crippen LogP contribution >= 0.6 is 24.0 Å². The lowest BCUT2D eigenvalue weighted by atomic mass is 10.2. The van der Waals surface area contributed by atoms with Crippen LogP contribution in [0.15, 0.2) is 47.4 Å². The molecule has 0 aliphatic carbocycles. The molecule has 1 aliphatic rings. The molecule has 0 unspecified atom stereocenters. The Balaban J connectivity index is 1.62. The summed E-state index contributed by atoms with van der Waals surface area (Å²) in [6, 6.07) is 9.28. The second kappa shape index (κ2) is 9.01. The standard InChI is InChI=1S/C19H14FN3O5S2/c20-13-4-2-1-3-11(13)9-16-18(26)22(19(29)30-16)8-7-17(25)21-14-6-5-12(23(27)28)10-15(14)24/h1-6,9-10,24H,7-8H2,(H,21,25)/b16-9-. The highest BCUT2D eigenvalue weighted by Crippen LogP contribution is 2.33. The number of nitrogens with zero attached hydrogens (tertiary/aromatic N) is 2. The maximum atomic E-state index is 13.8. The molecule has 1 fully saturated rings. The number of hydrogen-bond donors (Lipinski definition) is 2. The summed E-state index contributed by atoms with van der Waals surface area (Å²) < 4.78 is 14.0. The lowest BCUT2D eigenvalue weighted by molar-refractivity contribution is -0.384. The van der Waals surface area contributed by atoms with Gasteiger partial charge in [-0.05, 0) is 18.2 Å². The molecule has 1 heterocycles. The molecular weight excluding hydrogens is 433 g/mol. The van der Waals surface area contributed by atoms with Crippen LogP contribution in [0.4, 0.5) is 15.8 Å². The van der Waals surface area contributed by atoms with Gasteiger partial charge in [-0.1, -0.05) is 42.2 Å². The molecule has 11 heteroatoms. The number of carbonyl (C=O) groups excluding carboxylic acids is 2. The van der Waals surface area contributed by atoms with E-state index in [1.807, 2.05) is 0 Å². The minimum atomic E-state index is -0.671. The van der Waals surface area contributed by atoms with Crippen molar-refractivity contribution in [2.75, 3.05) is 11.9 Å². The first kappa shape index (κ1) is 21.4. The number of carbonyl (C=O) groups is 2. The van der Waals surface area contributed by atoms with Crippen LogP contribution in [-0.2, 0) is 9.59 Å². The number of anilines is 1. The van der Waals surface area contributed by atoms with Gasteiger partial charge in [0, 0.05) is 24.6 Å². The number of thioether (sulfide) groups is 1. The third-order valence-electron chi connectivity index (χ3n) is 4.09. The lowest BCUT2D eigenvalue weighted by Gasteiger charge is -2.14. The summed E-state index contributed by atoms with van der Waals surface area (Å²) in [6.45, 7) is -0.0150. The van der Waals surface area contributed by atoms with Crippen LogP contribution in [-0.4, -0.2) is 37.6 Å². The van der Waals surface area contributed by atoms with Gasteiger partial charge < -0.3 is 10.4 Å². The molecule has 0 saturated carbocycles. The van der Waals surface area contributed by atoms with E-state index in [1.165, 1.54) is 29.2 Å². The number of amides is 2. The predicted octanol–water partition coefficient (Wildman–Crippen LogP) is 3.67. The highest BCUT2D eigenvalue weighted by Gasteiger charge is 2.32. The molecule has 8 nitrogen and oxygen atoms in total. The molecule has 0 radical (unpaired) electrons. The summed E-state index contributed by atoms with van der Waals surface area (Å²) >= 11 is 6.20. The minimum Gasteiger partial charge on any atom is -0.506 e. The van der Waals surface area contributed by atoms with Crippen LogP contribution in [0.2, 0.25) is 0 Å². The molecule has 0 atom stereocenters. The molecule has 154 valence electrons. The van der Waals surface area contributed by atoms with Crippen molar-refractivity contribution in [3.05, 3.63) is 68.9 Å². The van der Waals surface area contributed by atoms with Gasteiger partial charge in [0.05, 0.1) is 21.6 Å². The number of benzene rings is 2. The Hall–Kier alpha value is -3.31. The fourth-order valence-corrected chi connectivity index (χ4v) is 3.89. The number of hydrogen-bond acceptors (Lipinski definition) is 7. The van der Waals surface area contributed by atoms with Gasteiger partial charge in [-0.25, -0.2) is 4.39 Å². The normalized spacial score (nSPS) is 15.0. The summed E-state index contributed by atoms with van der Waals surface area (Å²) in [5.41, 5.74) is -0.0514. The number of thiocarbonyl (C=S) groups is 1. The van der Waals surface area contributed by atoms with Crippen LogP contribution in [0, 0.1) is 15.9 Å². The van der Waals surface area contributed by atoms with Crippen molar-refractivity contribution in [1.29, 1.82) is 0 Å². The summed E-state index contributed by atoms with van der Waals surface area (Å²) in [5.74, 6) is -1.87. The third kappa shape index (κ3) is 4.81. The van der Waals surface area contributed by atoms with E-state index in [9.17, 15) is 29.2 Å². The van der Waals surface area contributed by atoms with Crippen LogP contribution in [0.3, 0.4) is 0 Å². The Bertz CT molecular complexity index is 1090. The first-order chi connectivity index (χ1) is 14.3. The summed E-state index contributed by atoms with van der Waals surface area (Å²) in [6.07, 6.45) is 1.28. The SMILES string of the molecule is O=C(CCN1C(=O)/C(=C/c2ccccc2F)SC1=S)Nc1ccc([N+](=O)[O-])cc1O. The first-order valence-electron chi connectivity index (χ1n) is 8.53. The molecule has 0 bridgehead atoms. The largest absolute Gasteiger partial charge is 0.506 e. The highest BCUT2D eigenvalue weighted by molar-refractivity contribution is 8.26. The number of non-ortho nitro benzene ring substituents is 1. The van der Waals surface area contributed by atoms with Crippen LogP contribution in [0.25, 0.3) is 6.08 Å². The Morgan fingerprint density at radius 1 is 1.33 bits per heavy atom. The zero-order chi connectivity index (χ0) is 21.8. The predicted molar refractivity (Wildman–Crippen MR) is 114 cm³/mol. The van der Waals surface area contributed by atoms with Crippen LogP contribution < -0.4 is 5.32 Å². The zero-order valence-corrected chi connectivity index (χ0v) is 16.8. The Morgan fingerprint density at radius 3 is 2.73 bits per heavy atom. The molecule has 1 saturated heterocycles. The van der Waals surface area contributed by atoms with E-state index in [-0.39, 0.29) is 39.1 Å². The van der Waals surface area contributed by atoms with Gasteiger partial charge in [-0.2, -0.15) is 0 Å². The number of phenolic OH excluding ortho intramolecular Hbond substituents is 1. The smallest absolute Gasteiger partial charge is 0.273 e. The van der Waals surface area contributed by atoms with Crippen molar-refractivity contribution in [1.82, 2.24) is 4.90 Å². The molecular formula is C19H14FN3O5S2. The van der Waals surface area contributed by atoms with Crippen molar-refractivity contribution < 1.29 is 24.0 Å². The average molecular weight is 447 g/mol. The molecule has 0 spiro atoms. The average Bonchev–Trinajstić information content (AvgIpc) is 2.96. The number of halogens is 1. The van der Waals surface area contributed by atoms with Crippen molar-refractivity contribution >= 4 is 57.6 Å².